The molecule has 1 aromatic rings. The minimum absolute atomic E-state index is 0.0571. The number of aryl methyl sites for hydroxylation is 2. The molecule has 4 aliphatic rings. The maximum atomic E-state index is 12.6. The SMILES string of the molecule is CN1CCN2CCC2C1CSNC(=O)Nc1c2c(cc3c1CCC3)CCC2. The second-order valence-electron chi connectivity index (χ2n) is 8.54. The Kier molecular flexibility index (Phi) is 4.82. The molecule has 2 amide bonds. The van der Waals surface area contributed by atoms with Crippen molar-refractivity contribution < 1.29 is 4.79 Å². The van der Waals surface area contributed by atoms with Gasteiger partial charge in [0, 0.05) is 43.2 Å². The molecule has 146 valence electrons. The molecule has 0 spiro atoms. The third-order valence-corrected chi connectivity index (χ3v) is 7.90. The predicted molar refractivity (Wildman–Crippen MR) is 112 cm³/mol. The quantitative estimate of drug-likeness (QED) is 0.782. The van der Waals surface area contributed by atoms with Crippen LogP contribution in [0.5, 0.6) is 0 Å². The maximum Gasteiger partial charge on any atom is 0.329 e. The Labute approximate surface area is 166 Å². The molecule has 2 fully saturated rings. The molecule has 2 aliphatic heterocycles. The number of nitrogens with zero attached hydrogens (tertiary/aromatic N) is 2. The van der Waals surface area contributed by atoms with Crippen LogP contribution >= 0.6 is 11.9 Å². The van der Waals surface area contributed by atoms with E-state index in [1.165, 1.54) is 67.4 Å². The Bertz CT molecular complexity index is 720. The Morgan fingerprint density at radius 1 is 1.11 bits per heavy atom. The van der Waals surface area contributed by atoms with E-state index in [1.807, 2.05) is 0 Å². The topological polar surface area (TPSA) is 47.6 Å². The molecule has 0 aromatic heterocycles. The monoisotopic (exact) mass is 386 g/mol. The molecule has 2 heterocycles. The molecule has 1 aromatic carbocycles. The molecule has 0 bridgehead atoms. The lowest BCUT2D eigenvalue weighted by molar-refractivity contribution is -0.0204. The van der Waals surface area contributed by atoms with E-state index >= 15 is 0 Å². The molecule has 0 saturated carbocycles. The molecule has 6 heteroatoms. The van der Waals surface area contributed by atoms with Crippen LogP contribution in [0.1, 0.15) is 41.5 Å². The number of piperazine rings is 1. The third-order valence-electron chi connectivity index (χ3n) is 7.06. The van der Waals surface area contributed by atoms with Crippen LogP contribution in [0, 0.1) is 0 Å². The summed E-state index contributed by atoms with van der Waals surface area (Å²) in [6, 6.07) is 3.58. The Hall–Kier alpha value is -1.24. The van der Waals surface area contributed by atoms with Gasteiger partial charge in [-0.15, -0.1) is 0 Å². The van der Waals surface area contributed by atoms with Gasteiger partial charge in [0.2, 0.25) is 0 Å². The summed E-state index contributed by atoms with van der Waals surface area (Å²) in [7, 11) is 2.22. The number of fused-ring (bicyclic) bond motifs is 3. The molecule has 2 saturated heterocycles. The van der Waals surface area contributed by atoms with Gasteiger partial charge in [-0.25, -0.2) is 4.79 Å². The average Bonchev–Trinajstić information content (AvgIpc) is 3.27. The minimum Gasteiger partial charge on any atom is -0.307 e. The normalized spacial score (nSPS) is 26.9. The van der Waals surface area contributed by atoms with Crippen LogP contribution in [0.2, 0.25) is 0 Å². The van der Waals surface area contributed by atoms with Gasteiger partial charge in [-0.1, -0.05) is 6.07 Å². The number of carbonyl (C=O) groups excluding carboxylic acids is 1. The van der Waals surface area contributed by atoms with E-state index in [9.17, 15) is 4.79 Å². The molecule has 2 aliphatic carbocycles. The van der Waals surface area contributed by atoms with Crippen molar-refractivity contribution in [3.05, 3.63) is 28.3 Å². The number of likely N-dealkylation sites (N-methyl/N-ethyl adjacent to an activating group) is 1. The number of rotatable bonds is 4. The molecule has 5 nitrogen and oxygen atoms in total. The highest BCUT2D eigenvalue weighted by molar-refractivity contribution is 7.98. The van der Waals surface area contributed by atoms with Gasteiger partial charge in [0.1, 0.15) is 0 Å². The summed E-state index contributed by atoms with van der Waals surface area (Å²) < 4.78 is 3.06. The minimum atomic E-state index is -0.0571. The third kappa shape index (κ3) is 3.26. The molecule has 27 heavy (non-hydrogen) atoms. The van der Waals surface area contributed by atoms with Gasteiger partial charge >= 0.3 is 6.03 Å². The first-order valence-electron chi connectivity index (χ1n) is 10.5. The smallest absolute Gasteiger partial charge is 0.307 e. The van der Waals surface area contributed by atoms with Crippen molar-refractivity contribution in [1.82, 2.24) is 14.5 Å². The first-order valence-corrected chi connectivity index (χ1v) is 11.5. The van der Waals surface area contributed by atoms with Gasteiger partial charge in [-0.2, -0.15) is 0 Å². The average molecular weight is 387 g/mol. The molecule has 2 unspecified atom stereocenters. The van der Waals surface area contributed by atoms with Crippen LogP contribution in [-0.2, 0) is 25.7 Å². The van der Waals surface area contributed by atoms with E-state index in [1.54, 1.807) is 11.9 Å². The van der Waals surface area contributed by atoms with Crippen molar-refractivity contribution in [3.8, 4) is 0 Å². The number of hydrogen-bond donors (Lipinski definition) is 2. The first kappa shape index (κ1) is 17.8. The highest BCUT2D eigenvalue weighted by atomic mass is 32.2. The van der Waals surface area contributed by atoms with E-state index in [4.69, 9.17) is 0 Å². The standard InChI is InChI=1S/C21H30N4OS/c1-24-10-11-25-9-8-18(25)19(24)13-27-23-21(26)22-20-16-6-2-4-14(16)12-15-5-3-7-17(15)20/h12,18-19H,2-11,13H2,1H3,(H2,22,23,26). The van der Waals surface area contributed by atoms with Gasteiger partial charge in [0.25, 0.3) is 0 Å². The number of nitrogens with one attached hydrogen (secondary N) is 2. The van der Waals surface area contributed by atoms with Crippen molar-refractivity contribution >= 4 is 23.7 Å². The maximum absolute atomic E-state index is 12.6. The van der Waals surface area contributed by atoms with E-state index in [2.05, 4.69) is 33.0 Å². The fourth-order valence-corrected chi connectivity index (χ4v) is 6.37. The number of carbonyl (C=O) groups is 1. The van der Waals surface area contributed by atoms with Crippen molar-refractivity contribution in [1.29, 1.82) is 0 Å². The van der Waals surface area contributed by atoms with Crippen molar-refractivity contribution in [2.75, 3.05) is 37.8 Å². The van der Waals surface area contributed by atoms with E-state index in [0.29, 0.717) is 12.1 Å². The zero-order valence-corrected chi connectivity index (χ0v) is 17.0. The highest BCUT2D eigenvalue weighted by Crippen LogP contribution is 2.38. The zero-order chi connectivity index (χ0) is 18.4. The number of urea groups is 1. The van der Waals surface area contributed by atoms with E-state index in [0.717, 1.165) is 30.8 Å². The van der Waals surface area contributed by atoms with Crippen molar-refractivity contribution in [2.24, 2.45) is 0 Å². The summed E-state index contributed by atoms with van der Waals surface area (Å²) in [5.74, 6) is 0.954. The molecule has 2 N–H and O–H groups in total. The first-order chi connectivity index (χ1) is 13.2. The summed E-state index contributed by atoms with van der Waals surface area (Å²) in [6.45, 7) is 3.58. The van der Waals surface area contributed by atoms with Crippen LogP contribution in [0.4, 0.5) is 10.5 Å². The van der Waals surface area contributed by atoms with Gasteiger partial charge in [0.05, 0.1) is 0 Å². The lowest BCUT2D eigenvalue weighted by atomic mass is 9.92. The fraction of sp³-hybridized carbons (Fsp3) is 0.667. The second-order valence-corrected chi connectivity index (χ2v) is 9.37. The van der Waals surface area contributed by atoms with Crippen LogP contribution in [0.25, 0.3) is 0 Å². The van der Waals surface area contributed by atoms with E-state index < -0.39 is 0 Å². The summed E-state index contributed by atoms with van der Waals surface area (Å²) in [5, 5.41) is 3.23. The Balaban J connectivity index is 1.21. The second kappa shape index (κ2) is 7.30. The summed E-state index contributed by atoms with van der Waals surface area (Å²) in [4.78, 5) is 17.7. The van der Waals surface area contributed by atoms with E-state index in [-0.39, 0.29) is 6.03 Å². The largest absolute Gasteiger partial charge is 0.329 e. The predicted octanol–water partition coefficient (Wildman–Crippen LogP) is 2.82. The molecular weight excluding hydrogens is 356 g/mol. The fourth-order valence-electron chi connectivity index (χ4n) is 5.46. The lowest BCUT2D eigenvalue weighted by Gasteiger charge is -2.52. The van der Waals surface area contributed by atoms with Gasteiger partial charge < -0.3 is 5.32 Å². The highest BCUT2D eigenvalue weighted by Gasteiger charge is 2.40. The molecule has 2 atom stereocenters. The molecule has 0 radical (unpaired) electrons. The number of amides is 2. The Morgan fingerprint density at radius 2 is 1.85 bits per heavy atom. The van der Waals surface area contributed by atoms with Gasteiger partial charge in [0.15, 0.2) is 0 Å². The van der Waals surface area contributed by atoms with Gasteiger partial charge in [-0.3, -0.25) is 14.5 Å². The van der Waals surface area contributed by atoms with Crippen LogP contribution in [0.3, 0.4) is 0 Å². The number of anilines is 1. The zero-order valence-electron chi connectivity index (χ0n) is 16.2. The van der Waals surface area contributed by atoms with Crippen molar-refractivity contribution in [2.45, 2.75) is 57.0 Å². The summed E-state index contributed by atoms with van der Waals surface area (Å²) >= 11 is 1.57. The number of benzene rings is 1. The van der Waals surface area contributed by atoms with Crippen molar-refractivity contribution in [3.63, 3.8) is 0 Å². The van der Waals surface area contributed by atoms with Crippen LogP contribution < -0.4 is 10.0 Å². The van der Waals surface area contributed by atoms with Crippen LogP contribution in [0.15, 0.2) is 6.07 Å². The molecular formula is C21H30N4OS. The number of hydrogen-bond acceptors (Lipinski definition) is 4. The summed E-state index contributed by atoms with van der Waals surface area (Å²) in [5.41, 5.74) is 6.86. The Morgan fingerprint density at radius 3 is 2.52 bits per heavy atom. The molecule has 5 rings (SSSR count). The van der Waals surface area contributed by atoms with Gasteiger partial charge in [-0.05, 0) is 86.2 Å². The lowest BCUT2D eigenvalue weighted by Crippen LogP contribution is -2.65. The van der Waals surface area contributed by atoms with Crippen LogP contribution in [-0.4, -0.2) is 60.3 Å². The summed E-state index contributed by atoms with van der Waals surface area (Å²) in [6.07, 6.45) is 8.28.